The molecular weight excluding hydrogens is 216 g/mol. The number of carbonyl (C=O) groups excluding carboxylic acids is 1. The number of benzene rings is 1. The van der Waals surface area contributed by atoms with Crippen molar-refractivity contribution in [3.05, 3.63) is 29.8 Å². The zero-order chi connectivity index (χ0) is 12.6. The van der Waals surface area contributed by atoms with Crippen molar-refractivity contribution in [1.82, 2.24) is 0 Å². The van der Waals surface area contributed by atoms with Crippen molar-refractivity contribution in [3.63, 3.8) is 0 Å². The lowest BCUT2D eigenvalue weighted by Crippen LogP contribution is -2.36. The van der Waals surface area contributed by atoms with Crippen molar-refractivity contribution in [2.75, 3.05) is 11.4 Å². The van der Waals surface area contributed by atoms with Gasteiger partial charge in [0.25, 0.3) is 0 Å². The summed E-state index contributed by atoms with van der Waals surface area (Å²) in [6.07, 6.45) is -0.335. The summed E-state index contributed by atoms with van der Waals surface area (Å²) in [7, 11) is 0. The number of nitrogens with two attached hydrogens (primary N) is 1. The van der Waals surface area contributed by atoms with Gasteiger partial charge in [-0.25, -0.2) is 4.79 Å². The molecule has 2 N–H and O–H groups in total. The molecule has 0 saturated carbocycles. The molecule has 1 aromatic rings. The summed E-state index contributed by atoms with van der Waals surface area (Å²) in [6, 6.07) is 7.54. The summed E-state index contributed by atoms with van der Waals surface area (Å²) in [5.41, 5.74) is 7.36. The smallest absolute Gasteiger partial charge is 0.414 e. The lowest BCUT2D eigenvalue weighted by molar-refractivity contribution is 0.0582. The first-order valence-corrected chi connectivity index (χ1v) is 5.73. The summed E-state index contributed by atoms with van der Waals surface area (Å²) < 4.78 is 5.36. The van der Waals surface area contributed by atoms with Crippen LogP contribution in [0.3, 0.4) is 0 Å². The number of para-hydroxylation sites is 1. The minimum Gasteiger partial charge on any atom is -0.443 e. The zero-order valence-electron chi connectivity index (χ0n) is 10.4. The Hall–Kier alpha value is -1.55. The van der Waals surface area contributed by atoms with Crippen LogP contribution in [0, 0.1) is 0 Å². The Morgan fingerprint density at radius 2 is 2.06 bits per heavy atom. The third kappa shape index (κ3) is 2.42. The maximum atomic E-state index is 12.0. The highest BCUT2D eigenvalue weighted by atomic mass is 16.6. The highest BCUT2D eigenvalue weighted by molar-refractivity contribution is 5.91. The summed E-state index contributed by atoms with van der Waals surface area (Å²) >= 11 is 0. The number of rotatable bonds is 0. The van der Waals surface area contributed by atoms with E-state index in [-0.39, 0.29) is 12.1 Å². The standard InChI is InChI=1S/C13H18N2O2/c1-13(2,3)17-12(16)15-8-10(14)9-6-4-5-7-11(9)15/h4-7,10H,8,14H2,1-3H3/t10-/m1/s1. The predicted octanol–water partition coefficient (Wildman–Crippen LogP) is 2.44. The monoisotopic (exact) mass is 234 g/mol. The molecule has 0 saturated heterocycles. The molecule has 0 aliphatic carbocycles. The van der Waals surface area contributed by atoms with Crippen molar-refractivity contribution < 1.29 is 9.53 Å². The van der Waals surface area contributed by atoms with Gasteiger partial charge in [0.1, 0.15) is 5.60 Å². The van der Waals surface area contributed by atoms with Gasteiger partial charge in [0.2, 0.25) is 0 Å². The number of nitrogens with zero attached hydrogens (tertiary/aromatic N) is 1. The van der Waals surface area contributed by atoms with E-state index in [0.717, 1.165) is 11.3 Å². The molecule has 0 spiro atoms. The quantitative estimate of drug-likeness (QED) is 0.750. The number of anilines is 1. The Morgan fingerprint density at radius 3 is 2.71 bits per heavy atom. The number of hydrogen-bond donors (Lipinski definition) is 1. The molecular formula is C13H18N2O2. The Bertz CT molecular complexity index is 437. The van der Waals surface area contributed by atoms with Crippen LogP contribution in [0.2, 0.25) is 0 Å². The van der Waals surface area contributed by atoms with E-state index in [0.29, 0.717) is 6.54 Å². The average Bonchev–Trinajstić information content (AvgIpc) is 2.55. The zero-order valence-corrected chi connectivity index (χ0v) is 10.4. The van der Waals surface area contributed by atoms with Gasteiger partial charge in [-0.15, -0.1) is 0 Å². The molecule has 2 rings (SSSR count). The molecule has 1 aromatic carbocycles. The molecule has 0 bridgehead atoms. The number of fused-ring (bicyclic) bond motifs is 1. The second-order valence-electron chi connectivity index (χ2n) is 5.26. The molecule has 1 heterocycles. The van der Waals surface area contributed by atoms with E-state index in [2.05, 4.69) is 0 Å². The van der Waals surface area contributed by atoms with Crippen LogP contribution in [0.15, 0.2) is 24.3 Å². The number of carbonyl (C=O) groups is 1. The molecule has 1 atom stereocenters. The molecule has 0 aromatic heterocycles. The largest absolute Gasteiger partial charge is 0.443 e. The van der Waals surface area contributed by atoms with E-state index in [1.165, 1.54) is 0 Å². The highest BCUT2D eigenvalue weighted by Crippen LogP contribution is 2.33. The minimum atomic E-state index is -0.487. The number of ether oxygens (including phenoxy) is 1. The molecule has 0 unspecified atom stereocenters. The maximum Gasteiger partial charge on any atom is 0.414 e. The number of amides is 1. The summed E-state index contributed by atoms with van der Waals surface area (Å²) in [5, 5.41) is 0. The van der Waals surface area contributed by atoms with Crippen LogP contribution < -0.4 is 10.6 Å². The number of hydrogen-bond acceptors (Lipinski definition) is 3. The molecule has 0 fully saturated rings. The average molecular weight is 234 g/mol. The van der Waals surface area contributed by atoms with E-state index in [9.17, 15) is 4.79 Å². The molecule has 1 amide bonds. The van der Waals surface area contributed by atoms with Crippen molar-refractivity contribution >= 4 is 11.8 Å². The van der Waals surface area contributed by atoms with E-state index < -0.39 is 5.60 Å². The molecule has 1 aliphatic heterocycles. The topological polar surface area (TPSA) is 55.6 Å². The van der Waals surface area contributed by atoms with Gasteiger partial charge >= 0.3 is 6.09 Å². The van der Waals surface area contributed by atoms with Crippen LogP contribution in [0.25, 0.3) is 0 Å². The Balaban J connectivity index is 2.23. The first-order chi connectivity index (χ1) is 7.88. The van der Waals surface area contributed by atoms with Crippen molar-refractivity contribution in [2.24, 2.45) is 5.73 Å². The fourth-order valence-corrected chi connectivity index (χ4v) is 1.93. The third-order valence-electron chi connectivity index (χ3n) is 2.62. The van der Waals surface area contributed by atoms with Gasteiger partial charge in [0.05, 0.1) is 11.7 Å². The van der Waals surface area contributed by atoms with Crippen LogP contribution in [0.1, 0.15) is 32.4 Å². The summed E-state index contributed by atoms with van der Waals surface area (Å²) in [5.74, 6) is 0. The van der Waals surface area contributed by atoms with Crippen LogP contribution in [-0.2, 0) is 4.74 Å². The molecule has 4 nitrogen and oxygen atoms in total. The fourth-order valence-electron chi connectivity index (χ4n) is 1.93. The summed E-state index contributed by atoms with van der Waals surface area (Å²) in [4.78, 5) is 13.6. The Kier molecular flexibility index (Phi) is 2.83. The van der Waals surface area contributed by atoms with E-state index in [1.807, 2.05) is 45.0 Å². The van der Waals surface area contributed by atoms with Gasteiger partial charge in [-0.1, -0.05) is 18.2 Å². The van der Waals surface area contributed by atoms with Gasteiger partial charge in [-0.05, 0) is 32.4 Å². The lowest BCUT2D eigenvalue weighted by Gasteiger charge is -2.24. The van der Waals surface area contributed by atoms with Crippen molar-refractivity contribution in [1.29, 1.82) is 0 Å². The van der Waals surface area contributed by atoms with E-state index in [4.69, 9.17) is 10.5 Å². The Morgan fingerprint density at radius 1 is 1.41 bits per heavy atom. The second kappa shape index (κ2) is 4.04. The molecule has 4 heteroatoms. The van der Waals surface area contributed by atoms with E-state index >= 15 is 0 Å². The lowest BCUT2D eigenvalue weighted by atomic mass is 10.1. The first kappa shape index (κ1) is 11.9. The molecule has 92 valence electrons. The van der Waals surface area contributed by atoms with Crippen molar-refractivity contribution in [2.45, 2.75) is 32.4 Å². The van der Waals surface area contributed by atoms with Gasteiger partial charge in [0.15, 0.2) is 0 Å². The molecule has 17 heavy (non-hydrogen) atoms. The van der Waals surface area contributed by atoms with Gasteiger partial charge in [-0.3, -0.25) is 4.90 Å². The van der Waals surface area contributed by atoms with Crippen LogP contribution in [0.5, 0.6) is 0 Å². The Labute approximate surface area is 101 Å². The van der Waals surface area contributed by atoms with Gasteiger partial charge in [-0.2, -0.15) is 0 Å². The predicted molar refractivity (Wildman–Crippen MR) is 67.0 cm³/mol. The van der Waals surface area contributed by atoms with Gasteiger partial charge in [0, 0.05) is 6.54 Å². The summed E-state index contributed by atoms with van der Waals surface area (Å²) in [6.45, 7) is 6.04. The normalized spacial score (nSPS) is 19.1. The van der Waals surface area contributed by atoms with Crippen LogP contribution in [-0.4, -0.2) is 18.2 Å². The fraction of sp³-hybridized carbons (Fsp3) is 0.462. The van der Waals surface area contributed by atoms with Gasteiger partial charge < -0.3 is 10.5 Å². The second-order valence-corrected chi connectivity index (χ2v) is 5.26. The highest BCUT2D eigenvalue weighted by Gasteiger charge is 2.32. The van der Waals surface area contributed by atoms with Crippen LogP contribution in [0.4, 0.5) is 10.5 Å². The van der Waals surface area contributed by atoms with E-state index in [1.54, 1.807) is 4.90 Å². The first-order valence-electron chi connectivity index (χ1n) is 5.73. The SMILES string of the molecule is CC(C)(C)OC(=O)N1C[C@@H](N)c2ccccc21. The third-order valence-corrected chi connectivity index (χ3v) is 2.62. The van der Waals surface area contributed by atoms with Crippen molar-refractivity contribution in [3.8, 4) is 0 Å². The maximum absolute atomic E-state index is 12.0. The minimum absolute atomic E-state index is 0.126. The molecule has 1 aliphatic rings. The molecule has 0 radical (unpaired) electrons. The van der Waals surface area contributed by atoms with Crippen LogP contribution >= 0.6 is 0 Å².